The van der Waals surface area contributed by atoms with Crippen LogP contribution in [-0.2, 0) is 16.6 Å². The Morgan fingerprint density at radius 3 is 2.44 bits per heavy atom. The number of sulfonamides is 1. The summed E-state index contributed by atoms with van der Waals surface area (Å²) in [5.74, 6) is -0.304. The molecule has 1 amide bonds. The largest absolute Gasteiger partial charge is 0.324 e. The van der Waals surface area contributed by atoms with Gasteiger partial charge in [0, 0.05) is 24.0 Å². The summed E-state index contributed by atoms with van der Waals surface area (Å²) in [7, 11) is -3.58. The molecule has 1 aliphatic heterocycles. The maximum Gasteiger partial charge on any atom is 0.255 e. The molecule has 0 bridgehead atoms. The van der Waals surface area contributed by atoms with Crippen molar-refractivity contribution < 1.29 is 18.4 Å². The van der Waals surface area contributed by atoms with E-state index in [-0.39, 0.29) is 23.9 Å². The van der Waals surface area contributed by atoms with Crippen molar-refractivity contribution in [3.63, 3.8) is 0 Å². The first-order chi connectivity index (χ1) is 12.9. The molecular formula is C19H19N3O4S. The van der Waals surface area contributed by atoms with Crippen molar-refractivity contribution in [3.8, 4) is 0 Å². The number of hydrogen-bond donors (Lipinski definition) is 3. The number of rotatable bonds is 6. The first kappa shape index (κ1) is 18.8. The minimum Gasteiger partial charge on any atom is -0.324 e. The van der Waals surface area contributed by atoms with Gasteiger partial charge in [0.2, 0.25) is 10.0 Å². The van der Waals surface area contributed by atoms with Crippen molar-refractivity contribution in [2.45, 2.75) is 11.4 Å². The van der Waals surface area contributed by atoms with Gasteiger partial charge in [0.15, 0.2) is 0 Å². The van der Waals surface area contributed by atoms with Crippen LogP contribution in [0.25, 0.3) is 0 Å². The number of carbonyl (C=O) groups is 1. The first-order valence-corrected chi connectivity index (χ1v) is 9.70. The molecule has 0 spiro atoms. The van der Waals surface area contributed by atoms with Crippen LogP contribution >= 0.6 is 0 Å². The highest BCUT2D eigenvalue weighted by molar-refractivity contribution is 7.89. The van der Waals surface area contributed by atoms with Gasteiger partial charge in [-0.2, -0.15) is 0 Å². The van der Waals surface area contributed by atoms with Gasteiger partial charge in [-0.05, 0) is 42.0 Å². The molecule has 1 aliphatic rings. The van der Waals surface area contributed by atoms with Crippen LogP contribution in [0.1, 0.15) is 15.9 Å². The third kappa shape index (κ3) is 5.04. The molecule has 1 heterocycles. The number of hydrogen-bond acceptors (Lipinski definition) is 5. The van der Waals surface area contributed by atoms with Crippen LogP contribution in [-0.4, -0.2) is 31.1 Å². The van der Waals surface area contributed by atoms with Crippen LogP contribution in [0.2, 0.25) is 0 Å². The molecule has 0 saturated heterocycles. The summed E-state index contributed by atoms with van der Waals surface area (Å²) in [4.78, 5) is 12.4. The molecule has 0 atom stereocenters. The summed E-state index contributed by atoms with van der Waals surface area (Å²) in [5.41, 5.74) is 1.74. The number of nitrogens with one attached hydrogen (secondary N) is 2. The van der Waals surface area contributed by atoms with Crippen LogP contribution in [0.5, 0.6) is 0 Å². The van der Waals surface area contributed by atoms with Gasteiger partial charge >= 0.3 is 0 Å². The number of benzene rings is 2. The molecular weight excluding hydrogens is 366 g/mol. The van der Waals surface area contributed by atoms with Gasteiger partial charge in [-0.3, -0.25) is 15.1 Å². The molecule has 27 heavy (non-hydrogen) atoms. The first-order valence-electron chi connectivity index (χ1n) is 8.22. The molecule has 0 unspecified atom stereocenters. The summed E-state index contributed by atoms with van der Waals surface area (Å²) in [6.45, 7) is 0.316. The van der Waals surface area contributed by atoms with Crippen LogP contribution in [0.4, 0.5) is 0 Å². The Bertz CT molecular complexity index is 968. The molecule has 0 fully saturated rings. The molecule has 2 aromatic carbocycles. The van der Waals surface area contributed by atoms with Gasteiger partial charge in [-0.15, -0.1) is 0 Å². The zero-order chi connectivity index (χ0) is 19.3. The lowest BCUT2D eigenvalue weighted by molar-refractivity contribution is -0.0339. The molecule has 3 rings (SSSR count). The third-order valence-electron chi connectivity index (χ3n) is 3.90. The zero-order valence-corrected chi connectivity index (χ0v) is 15.2. The second kappa shape index (κ2) is 8.17. The van der Waals surface area contributed by atoms with Gasteiger partial charge in [0.05, 0.1) is 11.4 Å². The van der Waals surface area contributed by atoms with Crippen molar-refractivity contribution in [3.05, 3.63) is 89.8 Å². The van der Waals surface area contributed by atoms with Gasteiger partial charge in [0.1, 0.15) is 0 Å². The number of hydroxylamine groups is 2. The molecule has 0 saturated carbocycles. The maximum atomic E-state index is 12.2. The number of nitrogens with zero attached hydrogens (tertiary/aromatic N) is 1. The molecule has 8 heteroatoms. The number of amides is 1. The van der Waals surface area contributed by atoms with Crippen LogP contribution < -0.4 is 10.0 Å². The van der Waals surface area contributed by atoms with E-state index in [1.54, 1.807) is 54.6 Å². The predicted molar refractivity (Wildman–Crippen MR) is 100 cm³/mol. The van der Waals surface area contributed by atoms with Crippen molar-refractivity contribution in [1.29, 1.82) is 0 Å². The zero-order valence-electron chi connectivity index (χ0n) is 14.4. The van der Waals surface area contributed by atoms with Gasteiger partial charge < -0.3 is 5.32 Å². The summed E-state index contributed by atoms with van der Waals surface area (Å²) in [6, 6.07) is 14.8. The Morgan fingerprint density at radius 1 is 1.07 bits per heavy atom. The van der Waals surface area contributed by atoms with E-state index >= 15 is 0 Å². The third-order valence-corrected chi connectivity index (χ3v) is 5.32. The fourth-order valence-corrected chi connectivity index (χ4v) is 3.51. The molecule has 0 aromatic heterocycles. The molecule has 2 aromatic rings. The Kier molecular flexibility index (Phi) is 5.70. The van der Waals surface area contributed by atoms with Crippen molar-refractivity contribution >= 4 is 15.9 Å². The molecule has 7 nitrogen and oxygen atoms in total. The predicted octanol–water partition coefficient (Wildman–Crippen LogP) is 2.00. The second-order valence-electron chi connectivity index (χ2n) is 5.92. The summed E-state index contributed by atoms with van der Waals surface area (Å²) in [5, 5.41) is 13.1. The van der Waals surface area contributed by atoms with Crippen LogP contribution in [0, 0.1) is 0 Å². The standard InChI is InChI=1S/C19H19N3O4S/c23-19(21-17-5-4-12-22(24)14-17)16-10-8-15(9-11-16)13-20-27(25,26)18-6-2-1-3-7-18/h1-12,20,24H,13-14H2,(H,21,23). The Balaban J connectivity index is 1.59. The number of carbonyl (C=O) groups excluding carboxylic acids is 1. The molecule has 3 N–H and O–H groups in total. The summed E-state index contributed by atoms with van der Waals surface area (Å²) >= 11 is 0. The van der Waals surface area contributed by atoms with Crippen LogP contribution in [0.3, 0.4) is 0 Å². The van der Waals surface area contributed by atoms with E-state index < -0.39 is 10.0 Å². The Hall–Kier alpha value is -2.94. The van der Waals surface area contributed by atoms with Crippen molar-refractivity contribution in [2.75, 3.05) is 6.54 Å². The van der Waals surface area contributed by atoms with E-state index in [4.69, 9.17) is 0 Å². The minimum absolute atomic E-state index is 0.120. The summed E-state index contributed by atoms with van der Waals surface area (Å²) in [6.07, 6.45) is 4.82. The number of allylic oxidation sites excluding steroid dienone is 2. The van der Waals surface area contributed by atoms with E-state index in [0.29, 0.717) is 11.3 Å². The van der Waals surface area contributed by atoms with Gasteiger partial charge in [0.25, 0.3) is 5.91 Å². The average molecular weight is 385 g/mol. The Labute approximate surface area is 157 Å². The smallest absolute Gasteiger partial charge is 0.255 e. The van der Waals surface area contributed by atoms with Crippen molar-refractivity contribution in [2.24, 2.45) is 0 Å². The minimum atomic E-state index is -3.58. The lowest BCUT2D eigenvalue weighted by atomic mass is 10.1. The second-order valence-corrected chi connectivity index (χ2v) is 7.69. The quantitative estimate of drug-likeness (QED) is 0.706. The fourth-order valence-electron chi connectivity index (χ4n) is 2.47. The highest BCUT2D eigenvalue weighted by atomic mass is 32.2. The molecule has 0 aliphatic carbocycles. The maximum absolute atomic E-state index is 12.2. The Morgan fingerprint density at radius 2 is 1.78 bits per heavy atom. The van der Waals surface area contributed by atoms with Crippen LogP contribution in [0.15, 0.2) is 83.5 Å². The van der Waals surface area contributed by atoms with E-state index in [1.807, 2.05) is 0 Å². The van der Waals surface area contributed by atoms with E-state index in [2.05, 4.69) is 10.0 Å². The molecule has 140 valence electrons. The monoisotopic (exact) mass is 385 g/mol. The topological polar surface area (TPSA) is 98.7 Å². The normalized spacial score (nSPS) is 14.0. The highest BCUT2D eigenvalue weighted by Crippen LogP contribution is 2.10. The van der Waals surface area contributed by atoms with E-state index in [1.165, 1.54) is 18.3 Å². The average Bonchev–Trinajstić information content (AvgIpc) is 2.67. The lowest BCUT2D eigenvalue weighted by Gasteiger charge is -2.18. The summed E-state index contributed by atoms with van der Waals surface area (Å²) < 4.78 is 27.0. The van der Waals surface area contributed by atoms with E-state index in [0.717, 1.165) is 10.6 Å². The molecule has 0 radical (unpaired) electrons. The van der Waals surface area contributed by atoms with E-state index in [9.17, 15) is 18.4 Å². The SMILES string of the molecule is O=C(NC1=CC=CN(O)C1)c1ccc(CNS(=O)(=O)c2ccccc2)cc1. The lowest BCUT2D eigenvalue weighted by Crippen LogP contribution is -2.30. The highest BCUT2D eigenvalue weighted by Gasteiger charge is 2.14. The fraction of sp³-hybridized carbons (Fsp3) is 0.105. The van der Waals surface area contributed by atoms with Gasteiger partial charge in [-0.25, -0.2) is 13.1 Å². The van der Waals surface area contributed by atoms with Crippen molar-refractivity contribution in [1.82, 2.24) is 15.1 Å². The van der Waals surface area contributed by atoms with Gasteiger partial charge in [-0.1, -0.05) is 30.3 Å².